The molecule has 1 aromatic rings. The third-order valence-corrected chi connectivity index (χ3v) is 5.99. The average Bonchev–Trinajstić information content (AvgIpc) is 2.66. The van der Waals surface area contributed by atoms with Gasteiger partial charge in [-0.1, -0.05) is 56.8 Å². The molecule has 1 aromatic carbocycles. The molecule has 0 aliphatic carbocycles. The molecule has 0 aromatic heterocycles. The number of benzene rings is 1. The quantitative estimate of drug-likeness (QED) is 0.539. The fourth-order valence-corrected chi connectivity index (χ4v) is 4.44. The number of nitrogens with zero attached hydrogens (tertiary/aromatic N) is 2. The Labute approximate surface area is 176 Å². The second-order valence-corrected chi connectivity index (χ2v) is 9.22. The van der Waals surface area contributed by atoms with Gasteiger partial charge in [0.15, 0.2) is 5.17 Å². The van der Waals surface area contributed by atoms with Gasteiger partial charge in [-0.25, -0.2) is 9.79 Å². The zero-order chi connectivity index (χ0) is 21.2. The maximum atomic E-state index is 12.9. The fraction of sp³-hybridized carbons (Fsp3) is 0.500. The van der Waals surface area contributed by atoms with Gasteiger partial charge in [-0.3, -0.25) is 9.69 Å². The molecular formula is C22H28N2O4S. The van der Waals surface area contributed by atoms with E-state index in [4.69, 9.17) is 9.47 Å². The van der Waals surface area contributed by atoms with E-state index in [1.165, 1.54) is 5.56 Å². The summed E-state index contributed by atoms with van der Waals surface area (Å²) in [5.41, 5.74) is 3.08. The van der Waals surface area contributed by atoms with E-state index < -0.39 is 12.0 Å². The molecule has 1 unspecified atom stereocenters. The van der Waals surface area contributed by atoms with Crippen molar-refractivity contribution in [3.8, 4) is 0 Å². The molecule has 0 bridgehead atoms. The van der Waals surface area contributed by atoms with Crippen molar-refractivity contribution in [2.75, 3.05) is 26.1 Å². The van der Waals surface area contributed by atoms with Gasteiger partial charge in [-0.2, -0.15) is 0 Å². The molecular weight excluding hydrogens is 388 g/mol. The number of esters is 1. The Morgan fingerprint density at radius 3 is 2.55 bits per heavy atom. The zero-order valence-corrected chi connectivity index (χ0v) is 18.5. The largest absolute Gasteiger partial charge is 0.460 e. The number of amides is 1. The number of rotatable bonds is 5. The third kappa shape index (κ3) is 4.56. The maximum Gasteiger partial charge on any atom is 0.338 e. The summed E-state index contributed by atoms with van der Waals surface area (Å²) in [4.78, 5) is 31.9. The zero-order valence-electron chi connectivity index (χ0n) is 17.7. The topological polar surface area (TPSA) is 68.2 Å². The van der Waals surface area contributed by atoms with Crippen molar-refractivity contribution < 1.29 is 19.1 Å². The molecule has 2 aliphatic heterocycles. The molecule has 0 radical (unpaired) electrons. The molecule has 0 saturated carbocycles. The molecule has 3 rings (SSSR count). The summed E-state index contributed by atoms with van der Waals surface area (Å²) in [5, 5.41) is 0.650. The Bertz CT molecular complexity index is 853. The van der Waals surface area contributed by atoms with E-state index in [1.54, 1.807) is 30.7 Å². The summed E-state index contributed by atoms with van der Waals surface area (Å²) in [6.07, 6.45) is 0.422. The van der Waals surface area contributed by atoms with Gasteiger partial charge in [-0.15, -0.1) is 0 Å². The molecule has 1 saturated heterocycles. The number of methoxy groups -OCH3 is 1. The second kappa shape index (κ2) is 8.71. The average molecular weight is 417 g/mol. The fourth-order valence-electron chi connectivity index (χ4n) is 3.43. The number of carbonyl (C=O) groups is 2. The van der Waals surface area contributed by atoms with Crippen LogP contribution >= 0.6 is 11.8 Å². The van der Waals surface area contributed by atoms with E-state index in [0.29, 0.717) is 35.2 Å². The minimum Gasteiger partial charge on any atom is -0.460 e. The van der Waals surface area contributed by atoms with Gasteiger partial charge in [0.25, 0.3) is 0 Å². The first-order valence-corrected chi connectivity index (χ1v) is 10.7. The van der Waals surface area contributed by atoms with E-state index >= 15 is 0 Å². The molecule has 7 heteroatoms. The van der Waals surface area contributed by atoms with Crippen molar-refractivity contribution in [3.05, 3.63) is 46.7 Å². The van der Waals surface area contributed by atoms with Crippen molar-refractivity contribution >= 4 is 28.8 Å². The molecule has 1 atom stereocenters. The number of aliphatic imine (C=N–C) groups is 1. The van der Waals surface area contributed by atoms with Crippen molar-refractivity contribution in [1.82, 2.24) is 4.90 Å². The lowest BCUT2D eigenvalue weighted by Gasteiger charge is -2.39. The Morgan fingerprint density at radius 1 is 1.24 bits per heavy atom. The lowest BCUT2D eigenvalue weighted by Crippen LogP contribution is -2.45. The highest BCUT2D eigenvalue weighted by Crippen LogP contribution is 2.40. The van der Waals surface area contributed by atoms with Crippen LogP contribution < -0.4 is 0 Å². The normalized spacial score (nSPS) is 19.8. The highest BCUT2D eigenvalue weighted by molar-refractivity contribution is 8.14. The van der Waals surface area contributed by atoms with Gasteiger partial charge in [0, 0.05) is 19.3 Å². The van der Waals surface area contributed by atoms with Crippen LogP contribution in [0.15, 0.2) is 40.5 Å². The molecule has 156 valence electrons. The molecule has 1 amide bonds. The molecule has 29 heavy (non-hydrogen) atoms. The predicted molar refractivity (Wildman–Crippen MR) is 115 cm³/mol. The summed E-state index contributed by atoms with van der Waals surface area (Å²) in [5.74, 6) is 0.211. The molecule has 0 N–H and O–H groups in total. The van der Waals surface area contributed by atoms with Gasteiger partial charge < -0.3 is 9.47 Å². The van der Waals surface area contributed by atoms with E-state index in [0.717, 1.165) is 5.56 Å². The monoisotopic (exact) mass is 416 g/mol. The molecule has 1 fully saturated rings. The Kier molecular flexibility index (Phi) is 6.49. The van der Waals surface area contributed by atoms with Crippen LogP contribution in [-0.4, -0.2) is 48.0 Å². The van der Waals surface area contributed by atoms with Crippen molar-refractivity contribution in [3.63, 3.8) is 0 Å². The van der Waals surface area contributed by atoms with Gasteiger partial charge in [-0.05, 0) is 23.5 Å². The molecule has 2 aliphatic rings. The number of allylic oxidation sites excluding steroid dienone is 1. The molecule has 0 spiro atoms. The first-order chi connectivity index (χ1) is 13.7. The van der Waals surface area contributed by atoms with Gasteiger partial charge in [0.1, 0.15) is 6.61 Å². The number of hydrogen-bond donors (Lipinski definition) is 0. The van der Waals surface area contributed by atoms with Gasteiger partial charge >= 0.3 is 5.97 Å². The highest BCUT2D eigenvalue weighted by Gasteiger charge is 2.41. The van der Waals surface area contributed by atoms with Crippen LogP contribution in [0.3, 0.4) is 0 Å². The van der Waals surface area contributed by atoms with E-state index in [2.05, 4.69) is 37.9 Å². The molecule has 2 heterocycles. The lowest BCUT2D eigenvalue weighted by molar-refractivity contribution is -0.141. The number of ether oxygens (including phenoxy) is 2. The van der Waals surface area contributed by atoms with Crippen LogP contribution in [0.25, 0.3) is 0 Å². The van der Waals surface area contributed by atoms with Crippen molar-refractivity contribution in [2.45, 2.75) is 45.6 Å². The van der Waals surface area contributed by atoms with E-state index in [-0.39, 0.29) is 17.9 Å². The van der Waals surface area contributed by atoms with E-state index in [1.807, 2.05) is 12.1 Å². The summed E-state index contributed by atoms with van der Waals surface area (Å²) >= 11 is 1.54. The minimum absolute atomic E-state index is 0.0160. The number of fused-ring (bicyclic) bond motifs is 1. The standard InChI is InChI=1S/C22H28N2O4S/c1-14-18(20(26)28-12-11-27-5)19(24-17(25)10-13-29-21(24)23-14)15-6-8-16(9-7-15)22(2,3)4/h6-9,19H,10-13H2,1-5H3. The summed E-state index contributed by atoms with van der Waals surface area (Å²) in [6, 6.07) is 7.58. The smallest absolute Gasteiger partial charge is 0.338 e. The maximum absolute atomic E-state index is 12.9. The molecule has 6 nitrogen and oxygen atoms in total. The Hall–Kier alpha value is -2.12. The van der Waals surface area contributed by atoms with Gasteiger partial charge in [0.2, 0.25) is 5.91 Å². The van der Waals surface area contributed by atoms with E-state index in [9.17, 15) is 9.59 Å². The number of thioether (sulfide) groups is 1. The van der Waals surface area contributed by atoms with Crippen LogP contribution in [0, 0.1) is 0 Å². The lowest BCUT2D eigenvalue weighted by atomic mass is 9.85. The summed E-state index contributed by atoms with van der Waals surface area (Å²) in [6.45, 7) is 8.73. The van der Waals surface area contributed by atoms with Crippen molar-refractivity contribution in [1.29, 1.82) is 0 Å². The Morgan fingerprint density at radius 2 is 1.93 bits per heavy atom. The highest BCUT2D eigenvalue weighted by atomic mass is 32.2. The number of carbonyl (C=O) groups excluding carboxylic acids is 2. The minimum atomic E-state index is -0.535. The van der Waals surface area contributed by atoms with Crippen LogP contribution in [0.5, 0.6) is 0 Å². The van der Waals surface area contributed by atoms with Crippen LogP contribution in [0.1, 0.15) is 51.3 Å². The first kappa shape index (κ1) is 21.6. The third-order valence-electron chi connectivity index (χ3n) is 5.04. The SMILES string of the molecule is COCCOC(=O)C1=C(C)N=C2SCCC(=O)N2C1c1ccc(C(C)(C)C)cc1. The Balaban J connectivity index is 2.04. The summed E-state index contributed by atoms with van der Waals surface area (Å²) < 4.78 is 10.4. The van der Waals surface area contributed by atoms with Crippen LogP contribution in [-0.2, 0) is 24.5 Å². The predicted octanol–water partition coefficient (Wildman–Crippen LogP) is 3.82. The van der Waals surface area contributed by atoms with Crippen LogP contribution in [0.2, 0.25) is 0 Å². The number of amidine groups is 1. The number of hydrogen-bond acceptors (Lipinski definition) is 6. The summed E-state index contributed by atoms with van der Waals surface area (Å²) in [7, 11) is 1.55. The van der Waals surface area contributed by atoms with Crippen LogP contribution in [0.4, 0.5) is 0 Å². The second-order valence-electron chi connectivity index (χ2n) is 8.16. The van der Waals surface area contributed by atoms with Crippen molar-refractivity contribution in [2.24, 2.45) is 4.99 Å². The first-order valence-electron chi connectivity index (χ1n) is 9.75. The van der Waals surface area contributed by atoms with Gasteiger partial charge in [0.05, 0.1) is 23.9 Å².